The molecule has 2 saturated heterocycles. The Morgan fingerprint density at radius 3 is 2.12 bits per heavy atom. The molecule has 12 heteroatoms. The van der Waals surface area contributed by atoms with Gasteiger partial charge in [0.1, 0.15) is 42.9 Å². The predicted octanol–water partition coefficient (Wildman–Crippen LogP) is 5.71. The van der Waals surface area contributed by atoms with Gasteiger partial charge in [0, 0.05) is 49.4 Å². The molecule has 0 N–H and O–H groups in total. The minimum absolute atomic E-state index is 0.267. The highest BCUT2D eigenvalue weighted by atomic mass is 16.8. The molecule has 2 aromatic carbocycles. The Balaban J connectivity index is 0.00000205. The molecule has 2 fully saturated rings. The van der Waals surface area contributed by atoms with E-state index in [2.05, 4.69) is 86.9 Å². The number of ether oxygens (including phenoxy) is 3. The van der Waals surface area contributed by atoms with Gasteiger partial charge in [0.2, 0.25) is 5.79 Å². The van der Waals surface area contributed by atoms with Crippen LogP contribution in [0.5, 0.6) is 5.75 Å². The monoisotopic (exact) mass is 665 g/mol. The summed E-state index contributed by atoms with van der Waals surface area (Å²) in [6.45, 7) is 17.4. The van der Waals surface area contributed by atoms with Crippen molar-refractivity contribution in [3.05, 3.63) is 103 Å². The SMILES string of the molecule is C=C1N(c2ccc(N3CCN(c4ccc(OCC5COC(Cn6nccn6)(c6ccccn6)O5)cc4)CC3)cc2)C=NN1C(C)CC.CC. The van der Waals surface area contributed by atoms with Gasteiger partial charge in [0.05, 0.1) is 25.0 Å². The lowest BCUT2D eigenvalue weighted by Crippen LogP contribution is -2.46. The lowest BCUT2D eigenvalue weighted by atomic mass is 10.1. The zero-order valence-electron chi connectivity index (χ0n) is 28.9. The first-order valence-corrected chi connectivity index (χ1v) is 17.2. The number of hydrazone groups is 1. The zero-order valence-corrected chi connectivity index (χ0v) is 28.9. The Bertz CT molecular complexity index is 1640. The highest BCUT2D eigenvalue weighted by molar-refractivity contribution is 5.85. The van der Waals surface area contributed by atoms with Gasteiger partial charge in [-0.25, -0.2) is 5.01 Å². The van der Waals surface area contributed by atoms with E-state index >= 15 is 0 Å². The molecular formula is C37H47N9O3. The number of pyridine rings is 1. The molecule has 3 aliphatic rings. The van der Waals surface area contributed by atoms with Crippen LogP contribution in [0.15, 0.2) is 103 Å². The third-order valence-electron chi connectivity index (χ3n) is 8.98. The Kier molecular flexibility index (Phi) is 10.8. The smallest absolute Gasteiger partial charge is 0.235 e. The predicted molar refractivity (Wildman–Crippen MR) is 193 cm³/mol. The van der Waals surface area contributed by atoms with Crippen LogP contribution in [0.2, 0.25) is 0 Å². The molecular weight excluding hydrogens is 618 g/mol. The van der Waals surface area contributed by atoms with E-state index < -0.39 is 5.79 Å². The molecule has 0 aliphatic carbocycles. The van der Waals surface area contributed by atoms with Crippen LogP contribution in [0.4, 0.5) is 17.1 Å². The Morgan fingerprint density at radius 1 is 0.878 bits per heavy atom. The largest absolute Gasteiger partial charge is 0.491 e. The number of nitrogens with zero attached hydrogens (tertiary/aromatic N) is 9. The van der Waals surface area contributed by atoms with Crippen LogP contribution in [0, 0.1) is 0 Å². The number of rotatable bonds is 11. The minimum Gasteiger partial charge on any atom is -0.491 e. The first kappa shape index (κ1) is 33.9. The average Bonchev–Trinajstić information content (AvgIpc) is 3.93. The Morgan fingerprint density at radius 2 is 1.51 bits per heavy atom. The van der Waals surface area contributed by atoms with Crippen LogP contribution < -0.4 is 19.4 Å². The van der Waals surface area contributed by atoms with Crippen molar-refractivity contribution in [3.8, 4) is 5.75 Å². The van der Waals surface area contributed by atoms with Crippen molar-refractivity contribution in [2.75, 3.05) is 54.1 Å². The summed E-state index contributed by atoms with van der Waals surface area (Å²) < 4.78 is 18.8. The standard InChI is InChI=1S/C35H41N9O3.C2H6/c1-4-27(2)44-28(3)42(26-39-44)31-10-8-29(9-11-31)40-19-21-41(22-20-40)30-12-14-32(15-13-30)45-23-33-24-46-35(47-33,25-43-37-17-18-38-43)34-7-5-6-16-36-34;1-2/h5-18,26-27,33H,3-4,19-25H2,1-2H3;1-2H3. The summed E-state index contributed by atoms with van der Waals surface area (Å²) >= 11 is 0. The highest BCUT2D eigenvalue weighted by Gasteiger charge is 2.46. The summed E-state index contributed by atoms with van der Waals surface area (Å²) in [7, 11) is 0. The molecule has 5 heterocycles. The molecule has 0 amide bonds. The maximum atomic E-state index is 6.41. The molecule has 49 heavy (non-hydrogen) atoms. The molecule has 7 rings (SSSR count). The molecule has 3 atom stereocenters. The molecule has 0 saturated carbocycles. The fourth-order valence-corrected chi connectivity index (χ4v) is 6.14. The van der Waals surface area contributed by atoms with E-state index in [1.54, 1.807) is 23.4 Å². The van der Waals surface area contributed by atoms with Crippen LogP contribution in [-0.4, -0.2) is 82.9 Å². The Labute approximate surface area is 289 Å². The number of piperazine rings is 1. The maximum absolute atomic E-state index is 6.41. The van der Waals surface area contributed by atoms with Crippen molar-refractivity contribution in [2.45, 2.75) is 58.6 Å². The number of hydrogen-bond donors (Lipinski definition) is 0. The summed E-state index contributed by atoms with van der Waals surface area (Å²) in [5.74, 6) is 0.605. The fraction of sp³-hybridized carbons (Fsp3) is 0.405. The number of benzene rings is 2. The maximum Gasteiger partial charge on any atom is 0.235 e. The van der Waals surface area contributed by atoms with E-state index in [9.17, 15) is 0 Å². The molecule has 258 valence electrons. The van der Waals surface area contributed by atoms with Crippen LogP contribution in [-0.2, 0) is 21.8 Å². The van der Waals surface area contributed by atoms with Gasteiger partial charge < -0.3 is 24.0 Å². The first-order valence-electron chi connectivity index (χ1n) is 17.2. The van der Waals surface area contributed by atoms with Crippen molar-refractivity contribution in [3.63, 3.8) is 0 Å². The van der Waals surface area contributed by atoms with Gasteiger partial charge >= 0.3 is 0 Å². The first-order chi connectivity index (χ1) is 24.0. The summed E-state index contributed by atoms with van der Waals surface area (Å²) in [5, 5.41) is 15.0. The number of aromatic nitrogens is 4. The second kappa shape index (κ2) is 15.5. The second-order valence-corrected chi connectivity index (χ2v) is 12.0. The molecule has 12 nitrogen and oxygen atoms in total. The van der Waals surface area contributed by atoms with Crippen molar-refractivity contribution < 1.29 is 14.2 Å². The van der Waals surface area contributed by atoms with E-state index in [-0.39, 0.29) is 6.10 Å². The van der Waals surface area contributed by atoms with Crippen molar-refractivity contribution in [2.24, 2.45) is 5.10 Å². The molecule has 3 aliphatic heterocycles. The lowest BCUT2D eigenvalue weighted by molar-refractivity contribution is -0.195. The number of anilines is 3. The van der Waals surface area contributed by atoms with Crippen LogP contribution in [0.3, 0.4) is 0 Å². The molecule has 0 spiro atoms. The van der Waals surface area contributed by atoms with Gasteiger partial charge in [-0.1, -0.05) is 33.4 Å². The van der Waals surface area contributed by atoms with E-state index in [1.807, 2.05) is 60.4 Å². The summed E-state index contributed by atoms with van der Waals surface area (Å²) in [5.41, 5.74) is 4.16. The number of hydrogen-bond acceptors (Lipinski definition) is 11. The minimum atomic E-state index is -1.07. The molecule has 0 bridgehead atoms. The van der Waals surface area contributed by atoms with E-state index in [0.29, 0.717) is 31.5 Å². The van der Waals surface area contributed by atoms with Crippen LogP contribution in [0.1, 0.15) is 39.8 Å². The van der Waals surface area contributed by atoms with E-state index in [4.69, 9.17) is 14.2 Å². The van der Waals surface area contributed by atoms with Gasteiger partial charge in [-0.2, -0.15) is 20.1 Å². The molecule has 4 aromatic rings. The summed E-state index contributed by atoms with van der Waals surface area (Å²) in [4.78, 5) is 12.9. The van der Waals surface area contributed by atoms with Crippen LogP contribution >= 0.6 is 0 Å². The molecule has 3 unspecified atom stereocenters. The third kappa shape index (κ3) is 7.55. The topological polar surface area (TPSA) is 96.6 Å². The van der Waals surface area contributed by atoms with Crippen LogP contribution in [0.25, 0.3) is 0 Å². The zero-order chi connectivity index (χ0) is 34.2. The average molecular weight is 666 g/mol. The van der Waals surface area contributed by atoms with Gasteiger partial charge in [-0.3, -0.25) is 9.88 Å². The fourth-order valence-electron chi connectivity index (χ4n) is 6.14. The summed E-state index contributed by atoms with van der Waals surface area (Å²) in [6.07, 6.45) is 7.59. The normalized spacial score (nSPS) is 21.1. The Hall–Kier alpha value is -4.94. The summed E-state index contributed by atoms with van der Waals surface area (Å²) in [6, 6.07) is 23.0. The van der Waals surface area contributed by atoms with E-state index in [1.165, 1.54) is 11.4 Å². The van der Waals surface area contributed by atoms with Crippen molar-refractivity contribution >= 4 is 23.4 Å². The van der Waals surface area contributed by atoms with Crippen molar-refractivity contribution in [1.82, 2.24) is 25.0 Å². The second-order valence-electron chi connectivity index (χ2n) is 12.0. The molecule has 0 radical (unpaired) electrons. The lowest BCUT2D eigenvalue weighted by Gasteiger charge is -2.37. The van der Waals surface area contributed by atoms with Crippen molar-refractivity contribution in [1.29, 1.82) is 0 Å². The van der Waals surface area contributed by atoms with Gasteiger partial charge in [-0.05, 0) is 74.0 Å². The van der Waals surface area contributed by atoms with Gasteiger partial charge in [-0.15, -0.1) is 0 Å². The van der Waals surface area contributed by atoms with Gasteiger partial charge in [0.15, 0.2) is 0 Å². The quantitative estimate of drug-likeness (QED) is 0.198. The molecule has 2 aromatic heterocycles. The van der Waals surface area contributed by atoms with E-state index in [0.717, 1.165) is 49.9 Å². The van der Waals surface area contributed by atoms with Gasteiger partial charge in [0.25, 0.3) is 0 Å². The third-order valence-corrected chi connectivity index (χ3v) is 8.98. The highest BCUT2D eigenvalue weighted by Crippen LogP contribution is 2.35.